The van der Waals surface area contributed by atoms with Crippen LogP contribution in [0.2, 0.25) is 0 Å². The van der Waals surface area contributed by atoms with Gasteiger partial charge in [-0.2, -0.15) is 13.2 Å². The molecular weight excluding hydrogens is 559 g/mol. The standard InChI is InChI=1S/C28H44F3N5O6/c1-25(2,3)22-33-15-19(20(34-22)32-11-9-13-41-8)21(37)36(12-10-28(29,30)31)18-14-27(7,23(38)39)17-35(16-18)24(40)42-26(4,5)6/h15,18H,9-14,16-17H2,1-8H3,(H,38,39)(H,32,33,34)/t18-,27+/m0/s1. The van der Waals surface area contributed by atoms with Gasteiger partial charge in [0.2, 0.25) is 0 Å². The van der Waals surface area contributed by atoms with Gasteiger partial charge in [-0.25, -0.2) is 14.8 Å². The fourth-order valence-electron chi connectivity index (χ4n) is 4.53. The van der Waals surface area contributed by atoms with Gasteiger partial charge < -0.3 is 29.7 Å². The van der Waals surface area contributed by atoms with Crippen LogP contribution in [0.1, 0.15) is 83.9 Å². The number of halogens is 3. The Kier molecular flexibility index (Phi) is 11.2. The number of hydrogen-bond acceptors (Lipinski definition) is 8. The summed E-state index contributed by atoms with van der Waals surface area (Å²) < 4.78 is 50.9. The number of ether oxygens (including phenoxy) is 2. The summed E-state index contributed by atoms with van der Waals surface area (Å²) in [5.74, 6) is -1.49. The topological polar surface area (TPSA) is 134 Å². The number of piperidine rings is 1. The van der Waals surface area contributed by atoms with Crippen molar-refractivity contribution in [3.8, 4) is 0 Å². The Hall–Kier alpha value is -3.16. The number of hydrogen-bond donors (Lipinski definition) is 2. The highest BCUT2D eigenvalue weighted by molar-refractivity contribution is 5.98. The molecule has 0 aromatic carbocycles. The van der Waals surface area contributed by atoms with Crippen LogP contribution in [-0.4, -0.2) is 101 Å². The number of carboxylic acids is 1. The lowest BCUT2D eigenvalue weighted by Gasteiger charge is -2.46. The molecule has 0 bridgehead atoms. The summed E-state index contributed by atoms with van der Waals surface area (Å²) in [6.45, 7) is 11.6. The second kappa shape index (κ2) is 13.4. The Morgan fingerprint density at radius 2 is 1.83 bits per heavy atom. The molecule has 14 heteroatoms. The Labute approximate surface area is 245 Å². The number of nitrogens with one attached hydrogen (secondary N) is 1. The summed E-state index contributed by atoms with van der Waals surface area (Å²) >= 11 is 0. The van der Waals surface area contributed by atoms with E-state index in [1.54, 1.807) is 27.9 Å². The first-order valence-corrected chi connectivity index (χ1v) is 13.9. The van der Waals surface area contributed by atoms with Crippen LogP contribution in [0.5, 0.6) is 0 Å². The molecule has 2 N–H and O–H groups in total. The minimum atomic E-state index is -4.60. The van der Waals surface area contributed by atoms with Crippen LogP contribution in [0.25, 0.3) is 0 Å². The summed E-state index contributed by atoms with van der Waals surface area (Å²) in [6, 6.07) is -1.06. The molecule has 1 aliphatic rings. The minimum absolute atomic E-state index is 0.0611. The molecule has 1 saturated heterocycles. The van der Waals surface area contributed by atoms with Crippen molar-refractivity contribution < 1.29 is 42.1 Å². The van der Waals surface area contributed by atoms with Crippen molar-refractivity contribution in [3.63, 3.8) is 0 Å². The average molecular weight is 604 g/mol. The molecule has 0 spiro atoms. The SMILES string of the molecule is COCCCNc1nc(C(C)(C)C)ncc1C(=O)N(CCC(F)(F)F)[C@@H]1CN(C(=O)OC(C)(C)C)C[C@](C)(C(=O)O)C1. The number of anilines is 1. The van der Waals surface area contributed by atoms with Crippen molar-refractivity contribution in [1.29, 1.82) is 0 Å². The number of carbonyl (C=O) groups is 3. The van der Waals surface area contributed by atoms with Gasteiger partial charge in [-0.15, -0.1) is 0 Å². The molecule has 2 heterocycles. The Morgan fingerprint density at radius 3 is 2.36 bits per heavy atom. The average Bonchev–Trinajstić information content (AvgIpc) is 2.84. The quantitative estimate of drug-likeness (QED) is 0.365. The number of methoxy groups -OCH3 is 1. The van der Waals surface area contributed by atoms with Gasteiger partial charge in [0.1, 0.15) is 22.8 Å². The van der Waals surface area contributed by atoms with Crippen molar-refractivity contribution >= 4 is 23.8 Å². The maximum Gasteiger partial charge on any atom is 0.410 e. The Bertz CT molecular complexity index is 1120. The molecule has 1 fully saturated rings. The van der Waals surface area contributed by atoms with Crippen LogP contribution in [0.4, 0.5) is 23.8 Å². The van der Waals surface area contributed by atoms with Crippen LogP contribution >= 0.6 is 0 Å². The molecule has 0 saturated carbocycles. The van der Waals surface area contributed by atoms with E-state index < -0.39 is 59.6 Å². The van der Waals surface area contributed by atoms with Gasteiger partial charge in [-0.05, 0) is 40.5 Å². The first kappa shape index (κ1) is 35.0. The molecular formula is C28H44F3N5O6. The second-order valence-corrected chi connectivity index (χ2v) is 12.9. The number of aromatic nitrogens is 2. The Balaban J connectivity index is 2.57. The van der Waals surface area contributed by atoms with E-state index in [1.807, 2.05) is 20.8 Å². The lowest BCUT2D eigenvalue weighted by Crippen LogP contribution is -2.60. The monoisotopic (exact) mass is 603 g/mol. The molecule has 2 rings (SSSR count). The number of rotatable bonds is 10. The van der Waals surface area contributed by atoms with Crippen molar-refractivity contribution in [2.75, 3.05) is 45.2 Å². The molecule has 1 aromatic heterocycles. The van der Waals surface area contributed by atoms with Gasteiger partial charge in [0.25, 0.3) is 5.91 Å². The third-order valence-electron chi connectivity index (χ3n) is 6.67. The first-order chi connectivity index (χ1) is 19.2. The minimum Gasteiger partial charge on any atom is -0.481 e. The zero-order chi connectivity index (χ0) is 32.1. The van der Waals surface area contributed by atoms with Gasteiger partial charge in [-0.3, -0.25) is 9.59 Å². The summed E-state index contributed by atoms with van der Waals surface area (Å²) in [5, 5.41) is 13.1. The lowest BCUT2D eigenvalue weighted by molar-refractivity contribution is -0.154. The zero-order valence-corrected chi connectivity index (χ0v) is 25.7. The van der Waals surface area contributed by atoms with Gasteiger partial charge in [0, 0.05) is 51.5 Å². The third-order valence-corrected chi connectivity index (χ3v) is 6.67. The highest BCUT2D eigenvalue weighted by Gasteiger charge is 2.47. The zero-order valence-electron chi connectivity index (χ0n) is 25.7. The maximum atomic E-state index is 14.0. The highest BCUT2D eigenvalue weighted by Crippen LogP contribution is 2.35. The van der Waals surface area contributed by atoms with Crippen molar-refractivity contribution in [3.05, 3.63) is 17.6 Å². The fourth-order valence-corrected chi connectivity index (χ4v) is 4.53. The van der Waals surface area contributed by atoms with Gasteiger partial charge in [0.15, 0.2) is 0 Å². The maximum absolute atomic E-state index is 14.0. The van der Waals surface area contributed by atoms with E-state index in [4.69, 9.17) is 9.47 Å². The normalized spacial score (nSPS) is 19.8. The van der Waals surface area contributed by atoms with Crippen molar-refractivity contribution in [2.24, 2.45) is 5.41 Å². The summed E-state index contributed by atoms with van der Waals surface area (Å²) in [6.07, 6.45) is -5.07. The van der Waals surface area contributed by atoms with E-state index >= 15 is 0 Å². The van der Waals surface area contributed by atoms with Crippen LogP contribution in [0.15, 0.2) is 6.20 Å². The van der Waals surface area contributed by atoms with E-state index in [0.29, 0.717) is 25.4 Å². The van der Waals surface area contributed by atoms with Gasteiger partial charge >= 0.3 is 18.2 Å². The number of nitrogens with zero attached hydrogens (tertiary/aromatic N) is 4. The number of aliphatic carboxylic acids is 1. The molecule has 42 heavy (non-hydrogen) atoms. The number of alkyl halides is 3. The van der Waals surface area contributed by atoms with Crippen LogP contribution in [0.3, 0.4) is 0 Å². The predicted molar refractivity (Wildman–Crippen MR) is 149 cm³/mol. The van der Waals surface area contributed by atoms with E-state index in [2.05, 4.69) is 15.3 Å². The molecule has 2 atom stereocenters. The van der Waals surface area contributed by atoms with E-state index in [-0.39, 0.29) is 30.9 Å². The number of likely N-dealkylation sites (tertiary alicyclic amines) is 1. The molecule has 2 amide bonds. The highest BCUT2D eigenvalue weighted by atomic mass is 19.4. The van der Waals surface area contributed by atoms with E-state index in [9.17, 15) is 32.7 Å². The molecule has 0 radical (unpaired) electrons. The van der Waals surface area contributed by atoms with Crippen LogP contribution < -0.4 is 5.32 Å². The van der Waals surface area contributed by atoms with Crippen molar-refractivity contribution in [2.45, 2.75) is 91.0 Å². The Morgan fingerprint density at radius 1 is 1.19 bits per heavy atom. The molecule has 0 unspecified atom stereocenters. The molecule has 1 aromatic rings. The fraction of sp³-hybridized carbons (Fsp3) is 0.750. The first-order valence-electron chi connectivity index (χ1n) is 13.9. The van der Waals surface area contributed by atoms with Gasteiger partial charge in [0.05, 0.1) is 17.9 Å². The lowest BCUT2D eigenvalue weighted by atomic mass is 9.79. The largest absolute Gasteiger partial charge is 0.481 e. The molecule has 0 aliphatic carbocycles. The second-order valence-electron chi connectivity index (χ2n) is 12.9. The summed E-state index contributed by atoms with van der Waals surface area (Å²) in [4.78, 5) is 50.3. The summed E-state index contributed by atoms with van der Waals surface area (Å²) in [7, 11) is 1.55. The predicted octanol–water partition coefficient (Wildman–Crippen LogP) is 4.72. The van der Waals surface area contributed by atoms with Crippen LogP contribution in [-0.2, 0) is 19.7 Å². The third kappa shape index (κ3) is 9.99. The van der Waals surface area contributed by atoms with E-state index in [1.165, 1.54) is 13.1 Å². The number of carboxylic acid groups (broad SMARTS) is 1. The smallest absolute Gasteiger partial charge is 0.410 e. The van der Waals surface area contributed by atoms with E-state index in [0.717, 1.165) is 9.80 Å². The van der Waals surface area contributed by atoms with Crippen LogP contribution in [0, 0.1) is 5.41 Å². The number of amides is 2. The number of carbonyl (C=O) groups excluding carboxylic acids is 2. The molecule has 1 aliphatic heterocycles. The summed E-state index contributed by atoms with van der Waals surface area (Å²) in [5.41, 5.74) is -3.00. The molecule has 238 valence electrons. The van der Waals surface area contributed by atoms with Crippen molar-refractivity contribution in [1.82, 2.24) is 19.8 Å². The molecule has 11 nitrogen and oxygen atoms in total. The van der Waals surface area contributed by atoms with Gasteiger partial charge in [-0.1, -0.05) is 20.8 Å².